The predicted molar refractivity (Wildman–Crippen MR) is 103 cm³/mol. The molecule has 9 heteroatoms. The van der Waals surface area contributed by atoms with E-state index in [-0.39, 0.29) is 28.7 Å². The summed E-state index contributed by atoms with van der Waals surface area (Å²) in [5, 5.41) is -0.0260. The normalized spacial score (nSPS) is 13.8. The van der Waals surface area contributed by atoms with E-state index in [2.05, 4.69) is 29.4 Å². The van der Waals surface area contributed by atoms with Crippen LogP contribution in [0.1, 0.15) is 14.5 Å². The third-order valence-corrected chi connectivity index (χ3v) is 5.57. The number of esters is 1. The van der Waals surface area contributed by atoms with Crippen molar-refractivity contribution >= 4 is 25.6 Å². The van der Waals surface area contributed by atoms with Crippen molar-refractivity contribution in [1.82, 2.24) is 14.3 Å². The number of hydrogen-bond acceptors (Lipinski definition) is 5. The third kappa shape index (κ3) is 5.06. The molecule has 0 radical (unpaired) electrons. The van der Waals surface area contributed by atoms with E-state index in [0.29, 0.717) is 11.3 Å². The van der Waals surface area contributed by atoms with Crippen molar-refractivity contribution in [3.8, 4) is 11.3 Å². The molecule has 0 fully saturated rings. The molecule has 26 heavy (non-hydrogen) atoms. The molecule has 0 amide bonds. The van der Waals surface area contributed by atoms with Crippen LogP contribution in [-0.2, 0) is 23.2 Å². The van der Waals surface area contributed by atoms with Crippen molar-refractivity contribution in [2.45, 2.75) is 32.4 Å². The first-order valence-electron chi connectivity index (χ1n) is 9.50. The number of methoxy groups -OCH3 is 1. The molecule has 2 heterocycles. The molecule has 0 aliphatic heterocycles. The molecule has 0 spiro atoms. The Morgan fingerprint density at radius 3 is 2.73 bits per heavy atom. The smallest absolute Gasteiger partial charge is 0.338 e. The Hall–Kier alpha value is -1.90. The van der Waals surface area contributed by atoms with Crippen LogP contribution in [0.5, 0.6) is 0 Å². The summed E-state index contributed by atoms with van der Waals surface area (Å²) >= 11 is 5.97. The number of carbonyl (C=O) groups excluding carboxylic acids is 1. The highest BCUT2D eigenvalue weighted by Crippen LogP contribution is 2.20. The lowest BCUT2D eigenvalue weighted by atomic mass is 10.1. The van der Waals surface area contributed by atoms with Gasteiger partial charge in [-0.25, -0.2) is 9.78 Å². The van der Waals surface area contributed by atoms with Crippen LogP contribution in [0.4, 0.5) is 0 Å². The summed E-state index contributed by atoms with van der Waals surface area (Å²) in [6.45, 7) is 4.23. The van der Waals surface area contributed by atoms with Crippen molar-refractivity contribution < 1.29 is 18.4 Å². The highest BCUT2D eigenvalue weighted by molar-refractivity contribution is 6.76. The average molecular weight is 401 g/mol. The molecular weight excluding hydrogens is 374 g/mol. The first-order chi connectivity index (χ1) is 13.3. The quantitative estimate of drug-likeness (QED) is 0.309. The Balaban J connectivity index is 2.44. The molecule has 142 valence electrons. The van der Waals surface area contributed by atoms with Gasteiger partial charge in [0.25, 0.3) is 5.56 Å². The van der Waals surface area contributed by atoms with Crippen LogP contribution in [0.25, 0.3) is 11.3 Å². The lowest BCUT2D eigenvalue weighted by molar-refractivity contribution is 0.0600. The SMILES string of the molecule is [2H]C([2H])([2H])n1c(=O)c(-c2cc(C(=O)OC)cc(Cl)n2)cn1COCC[Si](C)(C)C. The van der Waals surface area contributed by atoms with E-state index < -0.39 is 26.6 Å². The molecule has 0 aromatic carbocycles. The molecule has 7 nitrogen and oxygen atoms in total. The Kier molecular flexibility index (Phi) is 5.13. The van der Waals surface area contributed by atoms with E-state index in [1.54, 1.807) is 0 Å². The Labute approximate surface area is 162 Å². The third-order valence-electron chi connectivity index (χ3n) is 3.67. The molecule has 0 aliphatic carbocycles. The van der Waals surface area contributed by atoms with Gasteiger partial charge >= 0.3 is 5.97 Å². The van der Waals surface area contributed by atoms with Gasteiger partial charge in [0, 0.05) is 32.0 Å². The highest BCUT2D eigenvalue weighted by atomic mass is 35.5. The summed E-state index contributed by atoms with van der Waals surface area (Å²) in [5.41, 5.74) is -0.629. The van der Waals surface area contributed by atoms with Gasteiger partial charge in [-0.2, -0.15) is 0 Å². The second kappa shape index (κ2) is 8.19. The fourth-order valence-electron chi connectivity index (χ4n) is 2.17. The van der Waals surface area contributed by atoms with E-state index in [1.807, 2.05) is 0 Å². The monoisotopic (exact) mass is 400 g/mol. The van der Waals surface area contributed by atoms with Crippen LogP contribution in [0.3, 0.4) is 0 Å². The van der Waals surface area contributed by atoms with Gasteiger partial charge in [-0.1, -0.05) is 31.2 Å². The number of ether oxygens (including phenoxy) is 2. The van der Waals surface area contributed by atoms with Crippen LogP contribution in [0.2, 0.25) is 30.8 Å². The van der Waals surface area contributed by atoms with Gasteiger partial charge in [0.2, 0.25) is 0 Å². The Morgan fingerprint density at radius 2 is 2.12 bits per heavy atom. The molecule has 0 atom stereocenters. The van der Waals surface area contributed by atoms with E-state index >= 15 is 0 Å². The van der Waals surface area contributed by atoms with Crippen LogP contribution in [0, 0.1) is 0 Å². The Morgan fingerprint density at radius 1 is 1.38 bits per heavy atom. The predicted octanol–water partition coefficient (Wildman–Crippen LogP) is 3.00. The highest BCUT2D eigenvalue weighted by Gasteiger charge is 2.17. The molecule has 0 saturated carbocycles. The zero-order chi connectivity index (χ0) is 22.0. The fourth-order valence-corrected chi connectivity index (χ4v) is 3.14. The minimum Gasteiger partial charge on any atom is -0.465 e. The number of rotatable bonds is 7. The van der Waals surface area contributed by atoms with E-state index in [1.165, 1.54) is 30.1 Å². The van der Waals surface area contributed by atoms with Crippen molar-refractivity contribution in [3.05, 3.63) is 39.4 Å². The molecule has 0 unspecified atom stereocenters. The molecule has 0 N–H and O–H groups in total. The molecule has 2 aromatic rings. The van der Waals surface area contributed by atoms with Gasteiger partial charge in [0.1, 0.15) is 11.9 Å². The molecular formula is C17H24ClN3O4Si. The standard InChI is InChI=1S/C17H24ClN3O4Si/c1-20-16(22)13(10-21(20)11-25-6-7-26(3,4)5)14-8-12(17(23)24-2)9-15(18)19-14/h8-10H,6-7,11H2,1-5H3/i1D3. The van der Waals surface area contributed by atoms with Crippen LogP contribution in [0.15, 0.2) is 23.1 Å². The van der Waals surface area contributed by atoms with Crippen molar-refractivity contribution in [2.75, 3.05) is 13.7 Å². The van der Waals surface area contributed by atoms with Gasteiger partial charge in [0.15, 0.2) is 0 Å². The zero-order valence-corrected chi connectivity index (χ0v) is 17.0. The van der Waals surface area contributed by atoms with Crippen molar-refractivity contribution in [2.24, 2.45) is 6.98 Å². The van der Waals surface area contributed by atoms with E-state index in [4.69, 9.17) is 20.5 Å². The number of hydrogen-bond donors (Lipinski definition) is 0. The number of halogens is 1. The molecule has 2 aromatic heterocycles. The summed E-state index contributed by atoms with van der Waals surface area (Å²) < 4.78 is 35.2. The van der Waals surface area contributed by atoms with E-state index in [9.17, 15) is 9.59 Å². The minimum atomic E-state index is -2.72. The van der Waals surface area contributed by atoms with E-state index in [0.717, 1.165) is 6.04 Å². The van der Waals surface area contributed by atoms with Crippen LogP contribution in [-0.4, -0.2) is 42.1 Å². The van der Waals surface area contributed by atoms with Gasteiger partial charge in [0.05, 0.1) is 23.9 Å². The summed E-state index contributed by atoms with van der Waals surface area (Å²) in [6, 6.07) is 3.53. The maximum absolute atomic E-state index is 12.8. The van der Waals surface area contributed by atoms with Crippen LogP contribution < -0.4 is 5.56 Å². The number of pyridine rings is 1. The average Bonchev–Trinajstić information content (AvgIpc) is 2.93. The summed E-state index contributed by atoms with van der Waals surface area (Å²) in [5.74, 6) is -0.652. The zero-order valence-electron chi connectivity index (χ0n) is 18.2. The second-order valence-electron chi connectivity index (χ2n) is 7.00. The van der Waals surface area contributed by atoms with Gasteiger partial charge in [-0.05, 0) is 18.2 Å². The number of aromatic nitrogens is 3. The lowest BCUT2D eigenvalue weighted by Gasteiger charge is -2.16. The summed E-state index contributed by atoms with van der Waals surface area (Å²) in [4.78, 5) is 28.7. The summed E-state index contributed by atoms with van der Waals surface area (Å²) in [6.07, 6.45) is 1.34. The lowest BCUT2D eigenvalue weighted by Crippen LogP contribution is -2.24. The maximum Gasteiger partial charge on any atom is 0.338 e. The summed E-state index contributed by atoms with van der Waals surface area (Å²) in [7, 11) is -0.0989. The number of carbonyl (C=O) groups is 1. The first kappa shape index (κ1) is 16.3. The molecule has 2 rings (SSSR count). The first-order valence-corrected chi connectivity index (χ1v) is 12.1. The second-order valence-corrected chi connectivity index (χ2v) is 13.0. The Bertz CT molecular complexity index is 951. The van der Waals surface area contributed by atoms with Gasteiger partial charge < -0.3 is 9.47 Å². The molecule has 0 bridgehead atoms. The molecule has 0 saturated heterocycles. The van der Waals surface area contributed by atoms with Crippen LogP contribution >= 0.6 is 11.6 Å². The van der Waals surface area contributed by atoms with Gasteiger partial charge in [-0.15, -0.1) is 0 Å². The van der Waals surface area contributed by atoms with Gasteiger partial charge in [-0.3, -0.25) is 14.2 Å². The largest absolute Gasteiger partial charge is 0.465 e. The minimum absolute atomic E-state index is 0.0115. The fraction of sp³-hybridized carbons (Fsp3) is 0.471. The number of nitrogens with zero attached hydrogens (tertiary/aromatic N) is 3. The van der Waals surface area contributed by atoms with Crippen molar-refractivity contribution in [3.63, 3.8) is 0 Å². The van der Waals surface area contributed by atoms with Crippen molar-refractivity contribution in [1.29, 1.82) is 0 Å². The topological polar surface area (TPSA) is 75.4 Å². The maximum atomic E-state index is 12.8. The molecule has 0 aliphatic rings.